The summed E-state index contributed by atoms with van der Waals surface area (Å²) in [7, 11) is 0. The van der Waals surface area contributed by atoms with E-state index in [1.165, 1.54) is 11.2 Å². The Labute approximate surface area is 116 Å². The van der Waals surface area contributed by atoms with Crippen LogP contribution >= 0.6 is 0 Å². The van der Waals surface area contributed by atoms with Gasteiger partial charge in [0.1, 0.15) is 0 Å². The van der Waals surface area contributed by atoms with Crippen molar-refractivity contribution < 1.29 is 18.5 Å². The van der Waals surface area contributed by atoms with Gasteiger partial charge in [0.25, 0.3) is 11.8 Å². The number of nitrogens with one attached hydrogen (secondary N) is 1. The molecule has 1 aliphatic heterocycles. The van der Waals surface area contributed by atoms with E-state index in [0.717, 1.165) is 13.1 Å². The Kier molecular flexibility index (Phi) is 3.51. The number of amides is 1. The zero-order valence-corrected chi connectivity index (χ0v) is 11.3. The van der Waals surface area contributed by atoms with E-state index in [-0.39, 0.29) is 5.91 Å². The predicted molar refractivity (Wildman–Crippen MR) is 68.0 cm³/mol. The summed E-state index contributed by atoms with van der Waals surface area (Å²) in [5, 5.41) is 7.82. The summed E-state index contributed by atoms with van der Waals surface area (Å²) < 4.78 is 10.5. The van der Waals surface area contributed by atoms with Crippen molar-refractivity contribution in [3.05, 3.63) is 35.9 Å². The van der Waals surface area contributed by atoms with Crippen molar-refractivity contribution in [2.45, 2.75) is 13.5 Å². The Balaban J connectivity index is 1.53. The zero-order chi connectivity index (χ0) is 13.9. The maximum atomic E-state index is 12.1. The first-order valence-corrected chi connectivity index (χ1v) is 6.68. The van der Waals surface area contributed by atoms with Crippen molar-refractivity contribution >= 4 is 5.91 Å². The maximum Gasteiger partial charge on any atom is 0.289 e. The van der Waals surface area contributed by atoms with E-state index in [0.29, 0.717) is 37.2 Å². The number of piperazine rings is 1. The third-order valence-corrected chi connectivity index (χ3v) is 3.46. The number of hydrogen-bond donors (Lipinski definition) is 1. The van der Waals surface area contributed by atoms with Gasteiger partial charge in [-0.3, -0.25) is 4.79 Å². The van der Waals surface area contributed by atoms with Crippen LogP contribution in [0, 0.1) is 6.92 Å². The summed E-state index contributed by atoms with van der Waals surface area (Å²) >= 11 is 0. The number of aromatic nitrogens is 2. The second-order valence-corrected chi connectivity index (χ2v) is 4.91. The molecule has 20 heavy (non-hydrogen) atoms. The van der Waals surface area contributed by atoms with Gasteiger partial charge in [0.05, 0.1) is 32.4 Å². The molecule has 0 aliphatic carbocycles. The molecule has 2 aromatic heterocycles. The van der Waals surface area contributed by atoms with Crippen molar-refractivity contribution in [3.8, 4) is 0 Å². The average molecular weight is 277 g/mol. The first-order valence-electron chi connectivity index (χ1n) is 6.68. The first-order chi connectivity index (χ1) is 9.72. The first kappa shape index (κ1) is 12.9. The normalized spacial score (nSPS) is 16.6. The largest absolute Gasteiger partial charge is 0.459 e. The molecule has 0 spiro atoms. The topological polar surface area (TPSA) is 76.8 Å². The third kappa shape index (κ3) is 2.72. The van der Waals surface area contributed by atoms with Crippen LogP contribution in [0.4, 0.5) is 0 Å². The van der Waals surface area contributed by atoms with Crippen molar-refractivity contribution in [2.75, 3.05) is 26.2 Å². The van der Waals surface area contributed by atoms with Gasteiger partial charge in [0.2, 0.25) is 5.89 Å². The van der Waals surface area contributed by atoms with Crippen LogP contribution in [0.25, 0.3) is 0 Å². The molecule has 3 rings (SSSR count). The van der Waals surface area contributed by atoms with E-state index in [9.17, 15) is 4.79 Å². The van der Waals surface area contributed by atoms with Gasteiger partial charge in [-0.1, -0.05) is 0 Å². The third-order valence-electron chi connectivity index (χ3n) is 3.46. The highest BCUT2D eigenvalue weighted by Gasteiger charge is 2.26. The number of rotatable bonds is 3. The van der Waals surface area contributed by atoms with Crippen LogP contribution in [-0.2, 0) is 6.54 Å². The number of furan rings is 1. The van der Waals surface area contributed by atoms with Crippen LogP contribution in [0.15, 0.2) is 27.2 Å². The maximum absolute atomic E-state index is 12.1. The number of hydrogen-bond acceptors (Lipinski definition) is 5. The van der Waals surface area contributed by atoms with Gasteiger partial charge in [-0.05, 0) is 12.1 Å². The van der Waals surface area contributed by atoms with Crippen LogP contribution in [0.2, 0.25) is 0 Å². The minimum atomic E-state index is -0.0392. The second-order valence-electron chi connectivity index (χ2n) is 4.91. The Morgan fingerprint density at radius 3 is 2.80 bits per heavy atom. The molecule has 106 valence electrons. The monoisotopic (exact) mass is 277 g/mol. The number of nitrogens with zero attached hydrogens (tertiary/aromatic N) is 3. The number of carbonyl (C=O) groups is 1. The molecule has 2 aromatic rings. The van der Waals surface area contributed by atoms with Gasteiger partial charge >= 0.3 is 0 Å². The van der Waals surface area contributed by atoms with Gasteiger partial charge in [-0.2, -0.15) is 0 Å². The van der Waals surface area contributed by atoms with E-state index in [1.807, 2.05) is 4.90 Å². The van der Waals surface area contributed by atoms with Gasteiger partial charge < -0.3 is 18.6 Å². The fraction of sp³-hybridized carbons (Fsp3) is 0.462. The van der Waals surface area contributed by atoms with E-state index in [1.54, 1.807) is 19.1 Å². The van der Waals surface area contributed by atoms with E-state index in [4.69, 9.17) is 8.83 Å². The minimum Gasteiger partial charge on any atom is -0.459 e. The zero-order valence-electron chi connectivity index (χ0n) is 11.3. The molecule has 1 N–H and O–H groups in total. The van der Waals surface area contributed by atoms with Crippen LogP contribution in [0.1, 0.15) is 22.3 Å². The van der Waals surface area contributed by atoms with Crippen molar-refractivity contribution in [1.29, 1.82) is 0 Å². The van der Waals surface area contributed by atoms with Gasteiger partial charge in [0.15, 0.2) is 12.3 Å². The number of aryl methyl sites for hydroxylation is 1. The van der Waals surface area contributed by atoms with Gasteiger partial charge in [-0.15, -0.1) is 10.2 Å². The molecule has 0 aromatic carbocycles. The molecule has 7 heteroatoms. The summed E-state index contributed by atoms with van der Waals surface area (Å²) in [5.41, 5.74) is 0. The molecule has 1 aliphatic rings. The molecule has 0 saturated carbocycles. The predicted octanol–water partition coefficient (Wildman–Crippen LogP) is -0.488. The van der Waals surface area contributed by atoms with Crippen LogP contribution in [0.3, 0.4) is 0 Å². The summed E-state index contributed by atoms with van der Waals surface area (Å²) in [6.45, 7) is 5.65. The summed E-state index contributed by atoms with van der Waals surface area (Å²) in [6.07, 6.45) is 1.52. The Morgan fingerprint density at radius 2 is 2.20 bits per heavy atom. The highest BCUT2D eigenvalue weighted by Crippen LogP contribution is 2.05. The van der Waals surface area contributed by atoms with Crippen LogP contribution < -0.4 is 4.90 Å². The number of carbonyl (C=O) groups excluding carboxylic acids is 1. The molecule has 0 unspecified atom stereocenters. The van der Waals surface area contributed by atoms with Crippen molar-refractivity contribution in [3.63, 3.8) is 0 Å². The standard InChI is InChI=1S/C13H16N4O3/c1-10-14-15-12(20-10)9-16-4-6-17(7-5-16)13(18)11-3-2-8-19-11/h2-3,8H,4-7,9H2,1H3/p+1. The van der Waals surface area contributed by atoms with Crippen LogP contribution in [-0.4, -0.2) is 47.2 Å². The summed E-state index contributed by atoms with van der Waals surface area (Å²) in [6, 6.07) is 3.43. The minimum absolute atomic E-state index is 0.0392. The second kappa shape index (κ2) is 5.46. The Hall–Kier alpha value is -2.15. The average Bonchev–Trinajstić information content (AvgIpc) is 3.11. The van der Waals surface area contributed by atoms with E-state index in [2.05, 4.69) is 10.2 Å². The lowest BCUT2D eigenvalue weighted by molar-refractivity contribution is -0.918. The van der Waals surface area contributed by atoms with Crippen molar-refractivity contribution in [1.82, 2.24) is 15.1 Å². The molecule has 0 radical (unpaired) electrons. The lowest BCUT2D eigenvalue weighted by atomic mass is 10.3. The van der Waals surface area contributed by atoms with Gasteiger partial charge in [0, 0.05) is 6.92 Å². The lowest BCUT2D eigenvalue weighted by Gasteiger charge is -2.30. The molecule has 3 heterocycles. The molecule has 1 saturated heterocycles. The van der Waals surface area contributed by atoms with Crippen molar-refractivity contribution in [2.24, 2.45) is 0 Å². The Morgan fingerprint density at radius 1 is 1.40 bits per heavy atom. The fourth-order valence-corrected chi connectivity index (χ4v) is 2.38. The molecule has 1 fully saturated rings. The smallest absolute Gasteiger partial charge is 0.289 e. The highest BCUT2D eigenvalue weighted by atomic mass is 16.4. The quantitative estimate of drug-likeness (QED) is 0.819. The molecular formula is C13H17N4O3+. The molecule has 1 amide bonds. The van der Waals surface area contributed by atoms with E-state index >= 15 is 0 Å². The lowest BCUT2D eigenvalue weighted by Crippen LogP contribution is -3.13. The van der Waals surface area contributed by atoms with E-state index < -0.39 is 0 Å². The molecule has 7 nitrogen and oxygen atoms in total. The summed E-state index contributed by atoms with van der Waals surface area (Å²) in [5.74, 6) is 1.61. The highest BCUT2D eigenvalue weighted by molar-refractivity contribution is 5.91. The Bertz CT molecular complexity index is 570. The SMILES string of the molecule is Cc1nnc(C[NH+]2CCN(C(=O)c3ccco3)CC2)o1. The van der Waals surface area contributed by atoms with Crippen LogP contribution in [0.5, 0.6) is 0 Å². The summed E-state index contributed by atoms with van der Waals surface area (Å²) in [4.78, 5) is 15.3. The molecular weight excluding hydrogens is 260 g/mol. The number of quaternary nitrogens is 1. The molecule has 0 atom stereocenters. The fourth-order valence-electron chi connectivity index (χ4n) is 2.38. The van der Waals surface area contributed by atoms with Gasteiger partial charge in [-0.25, -0.2) is 0 Å². The molecule has 0 bridgehead atoms.